The second-order valence-electron chi connectivity index (χ2n) is 3.32. The van der Waals surface area contributed by atoms with Crippen molar-refractivity contribution in [2.45, 2.75) is 26.2 Å². The topological polar surface area (TPSA) is 73.0 Å². The third-order valence-corrected chi connectivity index (χ3v) is 2.41. The van der Waals surface area contributed by atoms with Crippen LogP contribution in [0, 0.1) is 0 Å². The van der Waals surface area contributed by atoms with Gasteiger partial charge in [-0.1, -0.05) is 6.92 Å². The van der Waals surface area contributed by atoms with E-state index in [0.717, 1.165) is 5.69 Å². The van der Waals surface area contributed by atoms with E-state index in [2.05, 4.69) is 20.5 Å². The Hall–Kier alpha value is -1.85. The molecule has 0 aromatic carbocycles. The van der Waals surface area contributed by atoms with E-state index >= 15 is 0 Å². The first-order chi connectivity index (χ1) is 7.24. The number of hydrogen-bond acceptors (Lipinski definition) is 5. The first-order valence-corrected chi connectivity index (χ1v) is 4.78. The maximum atomic E-state index is 11.6. The summed E-state index contributed by atoms with van der Waals surface area (Å²) in [6.07, 6.45) is 3.69. The summed E-state index contributed by atoms with van der Waals surface area (Å²) in [5.74, 6) is -0.0745. The highest BCUT2D eigenvalue weighted by molar-refractivity contribution is 5.84. The fourth-order valence-corrected chi connectivity index (χ4v) is 1.46. The number of carbonyl (C=O) groups is 1. The van der Waals surface area contributed by atoms with Crippen molar-refractivity contribution in [3.05, 3.63) is 18.1 Å². The summed E-state index contributed by atoms with van der Waals surface area (Å²) in [6.45, 7) is 3.68. The van der Waals surface area contributed by atoms with Crippen LogP contribution in [-0.4, -0.2) is 30.8 Å². The molecule has 2 rings (SSSR count). The molecule has 0 aliphatic heterocycles. The van der Waals surface area contributed by atoms with E-state index < -0.39 is 0 Å². The van der Waals surface area contributed by atoms with Crippen molar-refractivity contribution in [2.24, 2.45) is 0 Å². The minimum Gasteiger partial charge on any atom is -0.299 e. The lowest BCUT2D eigenvalue weighted by atomic mass is 10.0. The number of nitrogens with zero attached hydrogens (tertiary/aromatic N) is 5. The van der Waals surface area contributed by atoms with Gasteiger partial charge >= 0.3 is 0 Å². The average molecular weight is 205 g/mol. The first kappa shape index (κ1) is 9.70. The minimum atomic E-state index is -0.227. The van der Waals surface area contributed by atoms with Crippen LogP contribution in [0.2, 0.25) is 0 Å². The van der Waals surface area contributed by atoms with Crippen molar-refractivity contribution in [3.8, 4) is 0 Å². The monoisotopic (exact) mass is 205 g/mol. The maximum absolute atomic E-state index is 11.6. The van der Waals surface area contributed by atoms with Crippen LogP contribution in [0.15, 0.2) is 12.4 Å². The van der Waals surface area contributed by atoms with Crippen LogP contribution >= 0.6 is 0 Å². The summed E-state index contributed by atoms with van der Waals surface area (Å²) in [5, 5.41) is 11.1. The molecule has 0 spiro atoms. The van der Waals surface area contributed by atoms with Gasteiger partial charge in [-0.2, -0.15) is 4.52 Å². The van der Waals surface area contributed by atoms with Gasteiger partial charge in [0.15, 0.2) is 5.65 Å². The third-order valence-electron chi connectivity index (χ3n) is 2.41. The van der Waals surface area contributed by atoms with E-state index in [1.807, 2.05) is 13.8 Å². The molecule has 2 aromatic heterocycles. The van der Waals surface area contributed by atoms with Crippen LogP contribution in [0.25, 0.3) is 5.65 Å². The summed E-state index contributed by atoms with van der Waals surface area (Å²) < 4.78 is 1.55. The summed E-state index contributed by atoms with van der Waals surface area (Å²) in [6, 6.07) is 0. The fraction of sp³-hybridized carbons (Fsp3) is 0.444. The third kappa shape index (κ3) is 1.58. The predicted molar refractivity (Wildman–Crippen MR) is 52.3 cm³/mol. The second-order valence-corrected chi connectivity index (χ2v) is 3.32. The quantitative estimate of drug-likeness (QED) is 0.733. The van der Waals surface area contributed by atoms with Gasteiger partial charge in [0.2, 0.25) is 0 Å². The highest BCUT2D eigenvalue weighted by Gasteiger charge is 2.17. The lowest BCUT2D eigenvalue weighted by molar-refractivity contribution is -0.119. The van der Waals surface area contributed by atoms with Gasteiger partial charge in [0.1, 0.15) is 5.78 Å². The van der Waals surface area contributed by atoms with Crippen LogP contribution in [0.3, 0.4) is 0 Å². The van der Waals surface area contributed by atoms with Crippen LogP contribution in [0.1, 0.15) is 31.9 Å². The number of hydrogen-bond donors (Lipinski definition) is 0. The van der Waals surface area contributed by atoms with Crippen molar-refractivity contribution < 1.29 is 4.79 Å². The molecule has 6 heteroatoms. The molecular formula is C9H11N5O. The molecule has 6 nitrogen and oxygen atoms in total. The van der Waals surface area contributed by atoms with Crippen LogP contribution < -0.4 is 0 Å². The zero-order valence-corrected chi connectivity index (χ0v) is 8.58. The highest BCUT2D eigenvalue weighted by Crippen LogP contribution is 2.16. The molecule has 0 aliphatic carbocycles. The largest absolute Gasteiger partial charge is 0.299 e. The Labute approximate surface area is 86.3 Å². The number of tetrazole rings is 1. The molecule has 1 atom stereocenters. The van der Waals surface area contributed by atoms with E-state index in [4.69, 9.17) is 0 Å². The Balaban J connectivity index is 2.51. The van der Waals surface area contributed by atoms with Crippen LogP contribution in [0.4, 0.5) is 0 Å². The number of carbonyl (C=O) groups excluding carboxylic acids is 1. The molecule has 0 saturated carbocycles. The smallest absolute Gasteiger partial charge is 0.197 e. The van der Waals surface area contributed by atoms with Crippen molar-refractivity contribution in [1.29, 1.82) is 0 Å². The maximum Gasteiger partial charge on any atom is 0.197 e. The zero-order chi connectivity index (χ0) is 10.8. The first-order valence-electron chi connectivity index (χ1n) is 4.78. The number of Topliss-reactive ketones (excluding diaryl/α,β-unsaturated/α-hetero) is 1. The molecule has 0 amide bonds. The van der Waals surface area contributed by atoms with Gasteiger partial charge in [-0.3, -0.25) is 9.78 Å². The van der Waals surface area contributed by atoms with Gasteiger partial charge < -0.3 is 0 Å². The Morgan fingerprint density at radius 1 is 1.53 bits per heavy atom. The van der Waals surface area contributed by atoms with Crippen LogP contribution in [0.5, 0.6) is 0 Å². The van der Waals surface area contributed by atoms with Gasteiger partial charge in [-0.25, -0.2) is 0 Å². The fourth-order valence-electron chi connectivity index (χ4n) is 1.46. The van der Waals surface area contributed by atoms with E-state index in [1.54, 1.807) is 16.9 Å². The van der Waals surface area contributed by atoms with Gasteiger partial charge in [-0.15, -0.1) is 5.10 Å². The van der Waals surface area contributed by atoms with Crippen molar-refractivity contribution >= 4 is 11.4 Å². The lowest BCUT2D eigenvalue weighted by Gasteiger charge is -2.09. The minimum absolute atomic E-state index is 0.153. The number of fused-ring (bicyclic) bond motifs is 1. The van der Waals surface area contributed by atoms with E-state index in [9.17, 15) is 4.79 Å². The molecule has 0 N–H and O–H groups in total. The SMILES string of the molecule is CCC(=O)C(C)c1cncc2nnnn12. The number of aromatic nitrogens is 5. The number of ketones is 1. The average Bonchev–Trinajstić information content (AvgIpc) is 2.74. The van der Waals surface area contributed by atoms with Crippen molar-refractivity contribution in [2.75, 3.05) is 0 Å². The summed E-state index contributed by atoms with van der Waals surface area (Å²) in [4.78, 5) is 15.6. The standard InChI is InChI=1S/C9H11N5O/c1-3-8(15)6(2)7-4-10-5-9-11-12-13-14(7)9/h4-6H,3H2,1-2H3. The molecule has 2 aromatic rings. The lowest BCUT2D eigenvalue weighted by Crippen LogP contribution is -2.12. The highest BCUT2D eigenvalue weighted by atomic mass is 16.1. The second kappa shape index (κ2) is 3.72. The van der Waals surface area contributed by atoms with Gasteiger partial charge in [0.05, 0.1) is 17.8 Å². The summed E-state index contributed by atoms with van der Waals surface area (Å²) in [5.41, 5.74) is 1.28. The molecule has 15 heavy (non-hydrogen) atoms. The Morgan fingerprint density at radius 3 is 3.07 bits per heavy atom. The molecule has 0 saturated heterocycles. The molecular weight excluding hydrogens is 194 g/mol. The van der Waals surface area contributed by atoms with E-state index in [-0.39, 0.29) is 11.7 Å². The molecule has 0 radical (unpaired) electrons. The summed E-state index contributed by atoms with van der Waals surface area (Å²) in [7, 11) is 0. The van der Waals surface area contributed by atoms with Crippen molar-refractivity contribution in [3.63, 3.8) is 0 Å². The molecule has 1 unspecified atom stereocenters. The molecule has 78 valence electrons. The molecule has 0 fully saturated rings. The Bertz CT molecular complexity index is 492. The Morgan fingerprint density at radius 2 is 2.33 bits per heavy atom. The van der Waals surface area contributed by atoms with Gasteiger partial charge in [0, 0.05) is 12.6 Å². The van der Waals surface area contributed by atoms with E-state index in [1.165, 1.54) is 0 Å². The number of rotatable bonds is 3. The van der Waals surface area contributed by atoms with E-state index in [0.29, 0.717) is 12.1 Å². The Kier molecular flexibility index (Phi) is 2.40. The van der Waals surface area contributed by atoms with Crippen molar-refractivity contribution in [1.82, 2.24) is 25.0 Å². The van der Waals surface area contributed by atoms with Gasteiger partial charge in [0.25, 0.3) is 0 Å². The summed E-state index contributed by atoms with van der Waals surface area (Å²) >= 11 is 0. The van der Waals surface area contributed by atoms with Crippen LogP contribution in [-0.2, 0) is 4.79 Å². The normalized spacial score (nSPS) is 12.9. The molecule has 2 heterocycles. The van der Waals surface area contributed by atoms with Gasteiger partial charge in [-0.05, 0) is 17.4 Å². The molecule has 0 bridgehead atoms. The molecule has 0 aliphatic rings. The zero-order valence-electron chi connectivity index (χ0n) is 8.58. The predicted octanol–water partition coefficient (Wildman–Crippen LogP) is 0.602.